The molecule has 9 heteroatoms. The first kappa shape index (κ1) is 62.2. The highest BCUT2D eigenvalue weighted by Gasteiger charge is 2.25. The van der Waals surface area contributed by atoms with E-state index >= 15 is 0 Å². The van der Waals surface area contributed by atoms with Gasteiger partial charge in [-0.3, -0.25) is 13.8 Å². The lowest BCUT2D eigenvalue weighted by Crippen LogP contribution is -2.28. The summed E-state index contributed by atoms with van der Waals surface area (Å²) in [5, 5.41) is 0. The van der Waals surface area contributed by atoms with Gasteiger partial charge < -0.3 is 20.1 Å². The van der Waals surface area contributed by atoms with E-state index in [9.17, 15) is 14.3 Å². The maximum Gasteiger partial charge on any atom is 0.472 e. The summed E-state index contributed by atoms with van der Waals surface area (Å²) in [6.07, 6.45) is 59.7. The van der Waals surface area contributed by atoms with E-state index in [1.807, 2.05) is 0 Å². The summed E-state index contributed by atoms with van der Waals surface area (Å²) in [4.78, 5) is 22.6. The summed E-state index contributed by atoms with van der Waals surface area (Å²) < 4.78 is 33.7. The van der Waals surface area contributed by atoms with Gasteiger partial charge in [0, 0.05) is 19.6 Å². The third-order valence-corrected chi connectivity index (χ3v) is 13.4. The van der Waals surface area contributed by atoms with Crippen molar-refractivity contribution in [2.24, 2.45) is 5.73 Å². The Bertz CT molecular complexity index is 982. The number of nitrogens with two attached hydrogens (primary N) is 1. The zero-order chi connectivity index (χ0) is 45.8. The number of ether oxygens (including phenoxy) is 2. The van der Waals surface area contributed by atoms with Crippen molar-refractivity contribution >= 4 is 13.8 Å². The lowest BCUT2D eigenvalue weighted by molar-refractivity contribution is -0.154. The molecule has 0 aromatic rings. The first-order valence-electron chi connectivity index (χ1n) is 27.7. The molecule has 0 fully saturated rings. The van der Waals surface area contributed by atoms with Gasteiger partial charge in [-0.05, 0) is 38.5 Å². The number of phosphoric ester groups is 1. The largest absolute Gasteiger partial charge is 0.472 e. The highest BCUT2D eigenvalue weighted by molar-refractivity contribution is 7.47. The molecule has 0 bridgehead atoms. The zero-order valence-electron chi connectivity index (χ0n) is 42.1. The van der Waals surface area contributed by atoms with Crippen molar-refractivity contribution in [3.05, 3.63) is 12.2 Å². The topological polar surface area (TPSA) is 117 Å². The van der Waals surface area contributed by atoms with Gasteiger partial charge >= 0.3 is 13.8 Å². The van der Waals surface area contributed by atoms with E-state index in [1.54, 1.807) is 0 Å². The van der Waals surface area contributed by atoms with E-state index in [0.29, 0.717) is 13.0 Å². The minimum atomic E-state index is -4.28. The first-order chi connectivity index (χ1) is 30.9. The monoisotopic (exact) mass is 914 g/mol. The molecule has 0 aromatic heterocycles. The van der Waals surface area contributed by atoms with Crippen LogP contribution < -0.4 is 5.73 Å². The molecule has 63 heavy (non-hydrogen) atoms. The van der Waals surface area contributed by atoms with Gasteiger partial charge in [0.05, 0.1) is 19.8 Å². The molecule has 0 amide bonds. The summed E-state index contributed by atoms with van der Waals surface area (Å²) in [6, 6.07) is 0. The number of rotatable bonds is 54. The van der Waals surface area contributed by atoms with Gasteiger partial charge in [-0.25, -0.2) is 4.57 Å². The van der Waals surface area contributed by atoms with Crippen LogP contribution in [0.25, 0.3) is 0 Å². The Morgan fingerprint density at radius 3 is 1.16 bits per heavy atom. The number of hydrogen-bond acceptors (Lipinski definition) is 7. The highest BCUT2D eigenvalue weighted by Crippen LogP contribution is 2.43. The maximum atomic E-state index is 12.7. The lowest BCUT2D eigenvalue weighted by atomic mass is 10.0. The van der Waals surface area contributed by atoms with Gasteiger partial charge in [0.1, 0.15) is 6.10 Å². The molecule has 2 atom stereocenters. The molecule has 376 valence electrons. The van der Waals surface area contributed by atoms with Gasteiger partial charge in [0.25, 0.3) is 0 Å². The van der Waals surface area contributed by atoms with E-state index in [1.165, 1.54) is 238 Å². The molecule has 2 unspecified atom stereocenters. The van der Waals surface area contributed by atoms with Crippen LogP contribution in [0.5, 0.6) is 0 Å². The SMILES string of the molecule is CCCCCCCC/C=C\CCCCCCCCCCCCOCC(COP(=O)(O)OCCN)OC(=O)CCCCCCCCCCCCCCCCCCCCCCCCCC. The molecule has 0 aliphatic carbocycles. The van der Waals surface area contributed by atoms with Crippen LogP contribution in [0, 0.1) is 0 Å². The smallest absolute Gasteiger partial charge is 0.457 e. The molecule has 0 saturated carbocycles. The van der Waals surface area contributed by atoms with Gasteiger partial charge in [-0.2, -0.15) is 0 Å². The van der Waals surface area contributed by atoms with Gasteiger partial charge in [0.15, 0.2) is 0 Å². The Morgan fingerprint density at radius 2 is 0.794 bits per heavy atom. The van der Waals surface area contributed by atoms with Crippen molar-refractivity contribution < 1.29 is 32.8 Å². The second-order valence-corrected chi connectivity index (χ2v) is 20.3. The molecule has 0 aromatic carbocycles. The van der Waals surface area contributed by atoms with Crippen LogP contribution in [0.4, 0.5) is 0 Å². The number of carbonyl (C=O) groups is 1. The molecule has 8 nitrogen and oxygen atoms in total. The van der Waals surface area contributed by atoms with Crippen molar-refractivity contribution in [3.8, 4) is 0 Å². The summed E-state index contributed by atoms with van der Waals surface area (Å²) >= 11 is 0. The Labute approximate surface area is 392 Å². The summed E-state index contributed by atoms with van der Waals surface area (Å²) in [5.41, 5.74) is 5.40. The van der Waals surface area contributed by atoms with Crippen molar-refractivity contribution in [2.45, 2.75) is 296 Å². The van der Waals surface area contributed by atoms with Gasteiger partial charge in [0.2, 0.25) is 0 Å². The van der Waals surface area contributed by atoms with Crippen molar-refractivity contribution in [2.75, 3.05) is 33.0 Å². The molecular formula is C54H108NO7P. The van der Waals surface area contributed by atoms with Crippen LogP contribution in [0.3, 0.4) is 0 Å². The van der Waals surface area contributed by atoms with E-state index < -0.39 is 13.9 Å². The number of phosphoric acid groups is 1. The molecule has 0 aliphatic rings. The molecule has 0 saturated heterocycles. The normalized spacial score (nSPS) is 13.3. The van der Waals surface area contributed by atoms with E-state index in [-0.39, 0.29) is 32.3 Å². The van der Waals surface area contributed by atoms with Gasteiger partial charge in [-0.1, -0.05) is 257 Å². The van der Waals surface area contributed by atoms with Crippen LogP contribution in [0.15, 0.2) is 12.2 Å². The standard InChI is InChI=1S/C54H108NO7P/c1-3-5-7-9-11-13-15-17-19-21-23-25-26-27-28-29-31-33-35-37-39-41-43-45-47-54(56)62-53(52-61-63(57,58)60-50-48-55)51-59-49-46-44-42-40-38-36-34-32-30-24-22-20-18-16-14-12-10-8-6-4-2/h18,20,53H,3-17,19,21-52,55H2,1-2H3,(H,57,58)/b20-18-. The Kier molecular flexibility index (Phi) is 51.6. The van der Waals surface area contributed by atoms with Crippen LogP contribution >= 0.6 is 7.82 Å². The number of carbonyl (C=O) groups excluding carboxylic acids is 1. The predicted octanol–water partition coefficient (Wildman–Crippen LogP) is 17.4. The third kappa shape index (κ3) is 52.1. The second-order valence-electron chi connectivity index (χ2n) is 18.8. The van der Waals surface area contributed by atoms with Crippen molar-refractivity contribution in [3.63, 3.8) is 0 Å². The van der Waals surface area contributed by atoms with E-state index in [2.05, 4.69) is 26.0 Å². The lowest BCUT2D eigenvalue weighted by Gasteiger charge is -2.20. The van der Waals surface area contributed by atoms with Gasteiger partial charge in [-0.15, -0.1) is 0 Å². The fraction of sp³-hybridized carbons (Fsp3) is 0.944. The Hall–Kier alpha value is -0.760. The maximum absolute atomic E-state index is 12.7. The number of unbranched alkanes of at least 4 members (excludes halogenated alkanes) is 39. The quantitative estimate of drug-likeness (QED) is 0.0268. The molecule has 0 spiro atoms. The molecular weight excluding hydrogens is 806 g/mol. The molecule has 3 N–H and O–H groups in total. The van der Waals surface area contributed by atoms with Crippen molar-refractivity contribution in [1.82, 2.24) is 0 Å². The minimum absolute atomic E-state index is 0.0917. The third-order valence-electron chi connectivity index (χ3n) is 12.4. The van der Waals surface area contributed by atoms with Crippen LogP contribution in [-0.4, -0.2) is 49.9 Å². The molecule has 0 heterocycles. The Balaban J connectivity index is 3.85. The van der Waals surface area contributed by atoms with Crippen molar-refractivity contribution in [1.29, 1.82) is 0 Å². The summed E-state index contributed by atoms with van der Waals surface area (Å²) in [5.74, 6) is -0.322. The summed E-state index contributed by atoms with van der Waals surface area (Å²) in [6.45, 7) is 4.99. The second kappa shape index (κ2) is 52.2. The number of esters is 1. The van der Waals surface area contributed by atoms with Crippen LogP contribution in [-0.2, 0) is 27.9 Å². The average molecular weight is 914 g/mol. The zero-order valence-corrected chi connectivity index (χ0v) is 43.0. The Morgan fingerprint density at radius 1 is 0.460 bits per heavy atom. The van der Waals surface area contributed by atoms with E-state index in [4.69, 9.17) is 24.3 Å². The number of hydrogen-bond donors (Lipinski definition) is 2. The molecule has 0 rings (SSSR count). The van der Waals surface area contributed by atoms with Crippen LogP contribution in [0.1, 0.15) is 290 Å². The summed E-state index contributed by atoms with van der Waals surface area (Å²) in [7, 11) is -4.28. The highest BCUT2D eigenvalue weighted by atomic mass is 31.2. The molecule has 0 radical (unpaired) electrons. The van der Waals surface area contributed by atoms with Crippen LogP contribution in [0.2, 0.25) is 0 Å². The number of allylic oxidation sites excluding steroid dienone is 2. The molecule has 0 aliphatic heterocycles. The fourth-order valence-electron chi connectivity index (χ4n) is 8.35. The van der Waals surface area contributed by atoms with E-state index in [0.717, 1.165) is 32.1 Å². The fourth-order valence-corrected chi connectivity index (χ4v) is 9.11. The minimum Gasteiger partial charge on any atom is -0.457 e. The first-order valence-corrected chi connectivity index (χ1v) is 29.2. The predicted molar refractivity (Wildman–Crippen MR) is 271 cm³/mol. The average Bonchev–Trinajstić information content (AvgIpc) is 3.28.